The predicted molar refractivity (Wildman–Crippen MR) is 120 cm³/mol. The van der Waals surface area contributed by atoms with E-state index in [0.29, 0.717) is 23.6 Å². The van der Waals surface area contributed by atoms with Crippen molar-refractivity contribution in [3.8, 4) is 5.75 Å². The number of rotatable bonds is 8. The Morgan fingerprint density at radius 1 is 1.21 bits per heavy atom. The number of hydrogen-bond donors (Lipinski definition) is 3. The lowest BCUT2D eigenvalue weighted by Crippen LogP contribution is -2.41. The Morgan fingerprint density at radius 3 is 2.79 bits per heavy atom. The molecule has 0 aliphatic carbocycles. The van der Waals surface area contributed by atoms with Gasteiger partial charge in [-0.2, -0.15) is 5.10 Å². The summed E-state index contributed by atoms with van der Waals surface area (Å²) in [6.07, 6.45) is 2.98. The molecule has 0 bridgehead atoms. The largest absolute Gasteiger partial charge is 0.483 e. The quantitative estimate of drug-likeness (QED) is 0.307. The van der Waals surface area contributed by atoms with Crippen LogP contribution in [0.3, 0.4) is 0 Å². The molecule has 174 valence electrons. The zero-order chi connectivity index (χ0) is 23.6. The van der Waals surface area contributed by atoms with Gasteiger partial charge in [0.2, 0.25) is 0 Å². The Bertz CT molecular complexity index is 1040. The second-order valence-electron chi connectivity index (χ2n) is 7.05. The number of hydrazone groups is 1. The van der Waals surface area contributed by atoms with Gasteiger partial charge in [0.1, 0.15) is 11.6 Å². The molecule has 1 aliphatic rings. The Morgan fingerprint density at radius 2 is 2.03 bits per heavy atom. The zero-order valence-corrected chi connectivity index (χ0v) is 18.2. The van der Waals surface area contributed by atoms with Crippen molar-refractivity contribution in [3.63, 3.8) is 0 Å². The van der Waals surface area contributed by atoms with Crippen LogP contribution in [0.5, 0.6) is 5.75 Å². The number of ether oxygens (including phenoxy) is 2. The monoisotopic (exact) mass is 476 g/mol. The molecular formula is C22H22ClFN4O5. The van der Waals surface area contributed by atoms with Crippen LogP contribution in [0.2, 0.25) is 5.02 Å². The van der Waals surface area contributed by atoms with Crippen molar-refractivity contribution >= 4 is 41.2 Å². The summed E-state index contributed by atoms with van der Waals surface area (Å²) >= 11 is 5.70. The van der Waals surface area contributed by atoms with Gasteiger partial charge in [0.15, 0.2) is 6.61 Å². The van der Waals surface area contributed by atoms with E-state index in [1.807, 2.05) is 0 Å². The van der Waals surface area contributed by atoms with Gasteiger partial charge in [-0.1, -0.05) is 23.7 Å². The van der Waals surface area contributed by atoms with Crippen LogP contribution in [-0.2, 0) is 19.1 Å². The van der Waals surface area contributed by atoms with Crippen molar-refractivity contribution in [3.05, 3.63) is 58.9 Å². The third-order valence-electron chi connectivity index (χ3n) is 4.57. The van der Waals surface area contributed by atoms with E-state index < -0.39 is 23.5 Å². The minimum atomic E-state index is -0.917. The maximum atomic E-state index is 13.2. The minimum absolute atomic E-state index is 0.0773. The van der Waals surface area contributed by atoms with Crippen LogP contribution in [0.1, 0.15) is 18.4 Å². The van der Waals surface area contributed by atoms with Gasteiger partial charge in [0.25, 0.3) is 5.91 Å². The second kappa shape index (κ2) is 11.9. The number of benzene rings is 2. The summed E-state index contributed by atoms with van der Waals surface area (Å²) in [5, 5.41) is 8.69. The molecule has 3 rings (SSSR count). The molecule has 9 nitrogen and oxygen atoms in total. The van der Waals surface area contributed by atoms with Crippen LogP contribution in [0.4, 0.5) is 10.1 Å². The Kier molecular flexibility index (Phi) is 8.73. The van der Waals surface area contributed by atoms with Crippen molar-refractivity contribution in [2.24, 2.45) is 5.10 Å². The average molecular weight is 477 g/mol. The standard InChI is InChI=1S/C22H22ClFN4O5/c23-17-10-15(7-8-18(17)24)27-20(29)13-33-19-6-2-1-4-14(19)11-26-28-22(31)21(30)25-12-16-5-3-9-32-16/h1-2,4,6-8,10-11,16H,3,5,9,12-13H2,(H,25,30)(H,27,29)(H,28,31)/b26-11-/t16-/m1/s1. The fraction of sp³-hybridized carbons (Fsp3) is 0.273. The average Bonchev–Trinajstić information content (AvgIpc) is 3.33. The summed E-state index contributed by atoms with van der Waals surface area (Å²) in [7, 11) is 0. The molecule has 2 aromatic rings. The highest BCUT2D eigenvalue weighted by molar-refractivity contribution is 6.35. The molecule has 0 saturated carbocycles. The predicted octanol–water partition coefficient (Wildman–Crippen LogP) is 2.24. The van der Waals surface area contributed by atoms with Gasteiger partial charge < -0.3 is 20.1 Å². The van der Waals surface area contributed by atoms with Gasteiger partial charge in [-0.3, -0.25) is 14.4 Å². The molecule has 1 saturated heterocycles. The fourth-order valence-electron chi connectivity index (χ4n) is 2.94. The smallest absolute Gasteiger partial charge is 0.329 e. The van der Waals surface area contributed by atoms with Gasteiger partial charge in [0.05, 0.1) is 17.3 Å². The van der Waals surface area contributed by atoms with E-state index in [4.69, 9.17) is 21.1 Å². The first-order chi connectivity index (χ1) is 15.9. The topological polar surface area (TPSA) is 118 Å². The van der Waals surface area contributed by atoms with Crippen molar-refractivity contribution in [1.82, 2.24) is 10.7 Å². The van der Waals surface area contributed by atoms with Gasteiger partial charge in [0, 0.05) is 24.4 Å². The number of nitrogens with zero attached hydrogens (tertiary/aromatic N) is 1. The maximum absolute atomic E-state index is 13.2. The number of hydrogen-bond acceptors (Lipinski definition) is 6. The highest BCUT2D eigenvalue weighted by atomic mass is 35.5. The first kappa shape index (κ1) is 24.1. The number of carbonyl (C=O) groups is 3. The number of halogens is 2. The molecule has 1 fully saturated rings. The highest BCUT2D eigenvalue weighted by Gasteiger charge is 2.19. The van der Waals surface area contributed by atoms with Crippen molar-refractivity contribution in [2.45, 2.75) is 18.9 Å². The molecule has 1 atom stereocenters. The van der Waals surface area contributed by atoms with Crippen LogP contribution in [0, 0.1) is 5.82 Å². The number of nitrogens with one attached hydrogen (secondary N) is 3. The molecule has 0 aromatic heterocycles. The summed E-state index contributed by atoms with van der Waals surface area (Å²) in [6, 6.07) is 10.5. The van der Waals surface area contributed by atoms with Gasteiger partial charge in [-0.05, 0) is 43.2 Å². The summed E-state index contributed by atoms with van der Waals surface area (Å²) in [6.45, 7) is 0.581. The van der Waals surface area contributed by atoms with E-state index in [2.05, 4.69) is 21.2 Å². The van der Waals surface area contributed by atoms with Crippen molar-refractivity contribution < 1.29 is 28.2 Å². The summed E-state index contributed by atoms with van der Waals surface area (Å²) in [4.78, 5) is 35.8. The van der Waals surface area contributed by atoms with E-state index in [-0.39, 0.29) is 24.3 Å². The molecule has 0 radical (unpaired) electrons. The Labute approximate surface area is 194 Å². The molecule has 2 aromatic carbocycles. The molecule has 1 heterocycles. The van der Waals surface area contributed by atoms with Crippen molar-refractivity contribution in [2.75, 3.05) is 25.1 Å². The first-order valence-corrected chi connectivity index (χ1v) is 10.5. The van der Waals surface area contributed by atoms with E-state index in [1.165, 1.54) is 18.3 Å². The summed E-state index contributed by atoms with van der Waals surface area (Å²) in [5.41, 5.74) is 2.93. The molecule has 1 aliphatic heterocycles. The molecular weight excluding hydrogens is 455 g/mol. The van der Waals surface area contributed by atoms with Gasteiger partial charge in [-0.25, -0.2) is 9.82 Å². The SMILES string of the molecule is O=C(COc1ccccc1/C=N\NC(=O)C(=O)NC[C@H]1CCCO1)Nc1ccc(F)c(Cl)c1. The maximum Gasteiger partial charge on any atom is 0.329 e. The number of anilines is 1. The first-order valence-electron chi connectivity index (χ1n) is 10.1. The third-order valence-corrected chi connectivity index (χ3v) is 4.86. The van der Waals surface area contributed by atoms with Crippen LogP contribution < -0.4 is 20.8 Å². The Balaban J connectivity index is 1.48. The van der Waals surface area contributed by atoms with Crippen LogP contribution in [0.25, 0.3) is 0 Å². The normalized spacial score (nSPS) is 15.3. The zero-order valence-electron chi connectivity index (χ0n) is 17.5. The molecule has 33 heavy (non-hydrogen) atoms. The van der Waals surface area contributed by atoms with E-state index in [1.54, 1.807) is 24.3 Å². The molecule has 3 amide bonds. The summed E-state index contributed by atoms with van der Waals surface area (Å²) < 4.78 is 24.1. The lowest BCUT2D eigenvalue weighted by atomic mass is 10.2. The van der Waals surface area contributed by atoms with E-state index in [0.717, 1.165) is 18.9 Å². The summed E-state index contributed by atoms with van der Waals surface area (Å²) in [5.74, 6) is -2.48. The lowest BCUT2D eigenvalue weighted by Gasteiger charge is -2.10. The van der Waals surface area contributed by atoms with E-state index in [9.17, 15) is 18.8 Å². The minimum Gasteiger partial charge on any atom is -0.483 e. The van der Waals surface area contributed by atoms with Gasteiger partial charge in [-0.15, -0.1) is 0 Å². The van der Waals surface area contributed by atoms with Crippen LogP contribution >= 0.6 is 11.6 Å². The van der Waals surface area contributed by atoms with Gasteiger partial charge >= 0.3 is 11.8 Å². The third kappa shape index (κ3) is 7.55. The highest BCUT2D eigenvalue weighted by Crippen LogP contribution is 2.20. The van der Waals surface area contributed by atoms with E-state index >= 15 is 0 Å². The number of carbonyl (C=O) groups excluding carboxylic acids is 3. The second-order valence-corrected chi connectivity index (χ2v) is 7.45. The van der Waals surface area contributed by atoms with Crippen molar-refractivity contribution in [1.29, 1.82) is 0 Å². The molecule has 0 spiro atoms. The fourth-order valence-corrected chi connectivity index (χ4v) is 3.12. The molecule has 11 heteroatoms. The molecule has 0 unspecified atom stereocenters. The Hall–Kier alpha value is -3.50. The number of amides is 3. The lowest BCUT2D eigenvalue weighted by molar-refractivity contribution is -0.139. The van der Waals surface area contributed by atoms with Crippen LogP contribution in [0.15, 0.2) is 47.6 Å². The molecule has 3 N–H and O–H groups in total. The van der Waals surface area contributed by atoms with Crippen LogP contribution in [-0.4, -0.2) is 49.8 Å². The number of para-hydroxylation sites is 1.